The number of rotatable bonds is 4. The summed E-state index contributed by atoms with van der Waals surface area (Å²) in [5.74, 6) is 0.111. The fourth-order valence-corrected chi connectivity index (χ4v) is 4.56. The summed E-state index contributed by atoms with van der Waals surface area (Å²) >= 11 is 0. The predicted octanol–water partition coefficient (Wildman–Crippen LogP) is 6.30. The van der Waals surface area contributed by atoms with Crippen molar-refractivity contribution in [3.8, 4) is 5.75 Å². The first-order valence-electron chi connectivity index (χ1n) is 11.1. The minimum atomic E-state index is -4.57. The number of aromatic nitrogens is 2. The third kappa shape index (κ3) is 3.63. The number of carbonyl (C=O) groups is 1. The smallest absolute Gasteiger partial charge is 0.410 e. The average Bonchev–Trinajstić information content (AvgIpc) is 3.60. The van der Waals surface area contributed by atoms with E-state index in [2.05, 4.69) is 15.7 Å². The number of methoxy groups -OCH3 is 1. The number of carbonyl (C=O) groups excluding carboxylic acids is 1. The standard InChI is InChI=1S/C25H19F3N4O4/c1-34-21-9-14-13-5-2-3-6-18(13)36-20(14)10-15(21)30-24(33)17-12-23-29-16(19-7-4-8-35-19)11-22(25(26,27)28)32(23)31-17/h2-10,12,16,22,29H,11H2,1H3,(H,30,33)/t16-,22-/m1/s1. The van der Waals surface area contributed by atoms with Crippen LogP contribution in [0, 0.1) is 0 Å². The van der Waals surface area contributed by atoms with Gasteiger partial charge in [-0.1, -0.05) is 18.2 Å². The van der Waals surface area contributed by atoms with Crippen molar-refractivity contribution >= 4 is 39.4 Å². The minimum absolute atomic E-state index is 0.0647. The Balaban J connectivity index is 1.34. The second-order valence-corrected chi connectivity index (χ2v) is 8.47. The van der Waals surface area contributed by atoms with Crippen LogP contribution >= 0.6 is 0 Å². The number of para-hydroxylation sites is 1. The molecule has 1 amide bonds. The van der Waals surface area contributed by atoms with Crippen molar-refractivity contribution in [2.24, 2.45) is 0 Å². The normalized spacial score (nSPS) is 17.7. The lowest BCUT2D eigenvalue weighted by Crippen LogP contribution is -2.35. The van der Waals surface area contributed by atoms with Crippen molar-refractivity contribution in [1.82, 2.24) is 9.78 Å². The minimum Gasteiger partial charge on any atom is -0.495 e. The van der Waals surface area contributed by atoms with Gasteiger partial charge in [-0.2, -0.15) is 18.3 Å². The summed E-state index contributed by atoms with van der Waals surface area (Å²) < 4.78 is 59.1. The van der Waals surface area contributed by atoms with E-state index in [0.717, 1.165) is 15.5 Å². The number of benzene rings is 2. The number of alkyl halides is 3. The highest BCUT2D eigenvalue weighted by molar-refractivity contribution is 6.09. The lowest BCUT2D eigenvalue weighted by Gasteiger charge is -2.32. The van der Waals surface area contributed by atoms with Gasteiger partial charge in [-0.05, 0) is 24.3 Å². The highest BCUT2D eigenvalue weighted by Gasteiger charge is 2.47. The number of amides is 1. The molecule has 0 fully saturated rings. The van der Waals surface area contributed by atoms with Crippen molar-refractivity contribution in [2.75, 3.05) is 17.7 Å². The molecule has 0 unspecified atom stereocenters. The Morgan fingerprint density at radius 3 is 2.72 bits per heavy atom. The van der Waals surface area contributed by atoms with Crippen LogP contribution in [0.5, 0.6) is 5.75 Å². The van der Waals surface area contributed by atoms with E-state index in [0.29, 0.717) is 28.4 Å². The van der Waals surface area contributed by atoms with Crippen LogP contribution < -0.4 is 15.4 Å². The summed E-state index contributed by atoms with van der Waals surface area (Å²) in [6, 6.07) is 12.7. The van der Waals surface area contributed by atoms with Crippen LogP contribution in [0.15, 0.2) is 69.7 Å². The largest absolute Gasteiger partial charge is 0.495 e. The summed E-state index contributed by atoms with van der Waals surface area (Å²) in [5.41, 5.74) is 1.32. The fourth-order valence-electron chi connectivity index (χ4n) is 4.56. The van der Waals surface area contributed by atoms with Gasteiger partial charge < -0.3 is 24.2 Å². The number of fused-ring (bicyclic) bond motifs is 4. The Morgan fingerprint density at radius 1 is 1.14 bits per heavy atom. The van der Waals surface area contributed by atoms with Crippen LogP contribution in [-0.2, 0) is 0 Å². The lowest BCUT2D eigenvalue weighted by molar-refractivity contribution is -0.174. The Morgan fingerprint density at radius 2 is 1.97 bits per heavy atom. The molecule has 1 aliphatic heterocycles. The zero-order valence-electron chi connectivity index (χ0n) is 18.8. The molecule has 0 saturated heterocycles. The molecule has 0 saturated carbocycles. The molecule has 11 heteroatoms. The van der Waals surface area contributed by atoms with Crippen LogP contribution in [0.3, 0.4) is 0 Å². The van der Waals surface area contributed by atoms with E-state index >= 15 is 0 Å². The third-order valence-corrected chi connectivity index (χ3v) is 6.26. The Bertz CT molecular complexity index is 1590. The van der Waals surface area contributed by atoms with Gasteiger partial charge in [0.15, 0.2) is 11.7 Å². The van der Waals surface area contributed by atoms with E-state index < -0.39 is 24.2 Å². The van der Waals surface area contributed by atoms with E-state index in [4.69, 9.17) is 13.6 Å². The van der Waals surface area contributed by atoms with E-state index in [1.807, 2.05) is 24.3 Å². The van der Waals surface area contributed by atoms with Gasteiger partial charge in [0.25, 0.3) is 5.91 Å². The maximum Gasteiger partial charge on any atom is 0.410 e. The van der Waals surface area contributed by atoms with Crippen molar-refractivity contribution in [2.45, 2.75) is 24.7 Å². The van der Waals surface area contributed by atoms with Crippen molar-refractivity contribution in [3.63, 3.8) is 0 Å². The summed E-state index contributed by atoms with van der Waals surface area (Å²) in [5, 5.41) is 11.4. The van der Waals surface area contributed by atoms with E-state index in [-0.39, 0.29) is 17.9 Å². The zero-order chi connectivity index (χ0) is 25.0. The number of ether oxygens (including phenoxy) is 1. The molecule has 0 bridgehead atoms. The number of anilines is 2. The molecule has 6 rings (SSSR count). The number of nitrogens with one attached hydrogen (secondary N) is 2. The number of hydrogen-bond acceptors (Lipinski definition) is 6. The van der Waals surface area contributed by atoms with Gasteiger partial charge in [0, 0.05) is 29.3 Å². The molecule has 4 heterocycles. The first kappa shape index (κ1) is 22.1. The average molecular weight is 496 g/mol. The Hall–Kier alpha value is -4.41. The molecular formula is C25H19F3N4O4. The number of furan rings is 2. The molecule has 2 N–H and O–H groups in total. The molecule has 5 aromatic rings. The Labute approximate surface area is 201 Å². The Kier molecular flexibility index (Phi) is 4.95. The molecule has 184 valence electrons. The maximum atomic E-state index is 13.9. The first-order chi connectivity index (χ1) is 17.3. The third-order valence-electron chi connectivity index (χ3n) is 6.26. The summed E-state index contributed by atoms with van der Waals surface area (Å²) in [6.07, 6.45) is -3.50. The lowest BCUT2D eigenvalue weighted by atomic mass is 10.0. The van der Waals surface area contributed by atoms with Gasteiger partial charge in [0.1, 0.15) is 28.5 Å². The van der Waals surface area contributed by atoms with Crippen LogP contribution in [0.25, 0.3) is 21.9 Å². The molecule has 2 aromatic carbocycles. The first-order valence-corrected chi connectivity index (χ1v) is 11.1. The molecule has 0 radical (unpaired) electrons. The van der Waals surface area contributed by atoms with Gasteiger partial charge in [-0.25, -0.2) is 4.68 Å². The van der Waals surface area contributed by atoms with Gasteiger partial charge in [0.2, 0.25) is 0 Å². The van der Waals surface area contributed by atoms with Crippen molar-refractivity contribution in [1.29, 1.82) is 0 Å². The number of nitrogens with zero attached hydrogens (tertiary/aromatic N) is 2. The van der Waals surface area contributed by atoms with Crippen molar-refractivity contribution < 1.29 is 31.5 Å². The summed E-state index contributed by atoms with van der Waals surface area (Å²) in [7, 11) is 1.46. The van der Waals surface area contributed by atoms with Gasteiger partial charge in [-0.15, -0.1) is 0 Å². The molecule has 8 nitrogen and oxygen atoms in total. The van der Waals surface area contributed by atoms with E-state index in [1.165, 1.54) is 19.4 Å². The quantitative estimate of drug-likeness (QED) is 0.303. The zero-order valence-corrected chi connectivity index (χ0v) is 18.8. The van der Waals surface area contributed by atoms with Crippen LogP contribution in [0.2, 0.25) is 0 Å². The highest BCUT2D eigenvalue weighted by atomic mass is 19.4. The molecule has 36 heavy (non-hydrogen) atoms. The van der Waals surface area contributed by atoms with Crippen LogP contribution in [-0.4, -0.2) is 29.0 Å². The highest BCUT2D eigenvalue weighted by Crippen LogP contribution is 2.44. The van der Waals surface area contributed by atoms with Gasteiger partial charge >= 0.3 is 6.18 Å². The second-order valence-electron chi connectivity index (χ2n) is 8.47. The molecule has 2 atom stereocenters. The maximum absolute atomic E-state index is 13.9. The van der Waals surface area contributed by atoms with Crippen LogP contribution in [0.1, 0.15) is 34.8 Å². The molecular weight excluding hydrogens is 477 g/mol. The van der Waals surface area contributed by atoms with Gasteiger partial charge in [-0.3, -0.25) is 4.79 Å². The molecule has 0 spiro atoms. The van der Waals surface area contributed by atoms with Gasteiger partial charge in [0.05, 0.1) is 25.1 Å². The SMILES string of the molecule is COc1cc2c(cc1NC(=O)c1cc3n(n1)[C@@H](C(F)(F)F)C[C@H](c1ccco1)N3)oc1ccccc12. The van der Waals surface area contributed by atoms with E-state index in [9.17, 15) is 18.0 Å². The number of halogens is 3. The van der Waals surface area contributed by atoms with Crippen molar-refractivity contribution in [3.05, 3.63) is 72.3 Å². The topological polar surface area (TPSA) is 94.5 Å². The summed E-state index contributed by atoms with van der Waals surface area (Å²) in [6.45, 7) is 0. The summed E-state index contributed by atoms with van der Waals surface area (Å²) in [4.78, 5) is 13.1. The number of hydrogen-bond donors (Lipinski definition) is 2. The molecule has 3 aromatic heterocycles. The van der Waals surface area contributed by atoms with E-state index in [1.54, 1.807) is 24.3 Å². The van der Waals surface area contributed by atoms with Crippen LogP contribution in [0.4, 0.5) is 24.7 Å². The monoisotopic (exact) mass is 496 g/mol. The second kappa shape index (κ2) is 8.08. The molecule has 0 aliphatic carbocycles. The predicted molar refractivity (Wildman–Crippen MR) is 125 cm³/mol. The molecule has 1 aliphatic rings. The fraction of sp³-hybridized carbons (Fsp3) is 0.200.